The third kappa shape index (κ3) is 4.81. The van der Waals surface area contributed by atoms with Crippen molar-refractivity contribution >= 4 is 16.9 Å². The van der Waals surface area contributed by atoms with Crippen molar-refractivity contribution in [3.63, 3.8) is 0 Å². The minimum absolute atomic E-state index is 0.0854. The molecule has 0 saturated heterocycles. The fourth-order valence-corrected chi connectivity index (χ4v) is 5.21. The van der Waals surface area contributed by atoms with Crippen molar-refractivity contribution in [2.45, 2.75) is 37.7 Å². The molecule has 1 saturated carbocycles. The number of nitrogens with one attached hydrogen (secondary N) is 1. The molecule has 34 heavy (non-hydrogen) atoms. The minimum atomic E-state index is -0.854. The Balaban J connectivity index is 1.46. The van der Waals surface area contributed by atoms with Crippen molar-refractivity contribution in [2.75, 3.05) is 26.2 Å². The summed E-state index contributed by atoms with van der Waals surface area (Å²) >= 11 is 0. The van der Waals surface area contributed by atoms with Crippen LogP contribution in [0.3, 0.4) is 0 Å². The van der Waals surface area contributed by atoms with E-state index < -0.39 is 23.7 Å². The number of amides is 1. The topological polar surface area (TPSA) is 115 Å². The molecule has 1 aliphatic heterocycles. The average molecular weight is 467 g/mol. The van der Waals surface area contributed by atoms with Crippen LogP contribution in [0, 0.1) is 5.41 Å². The van der Waals surface area contributed by atoms with Gasteiger partial charge in [-0.05, 0) is 37.1 Å². The number of carbonyl (C=O) groups is 1. The Bertz CT molecular complexity index is 1120. The van der Waals surface area contributed by atoms with Crippen LogP contribution in [0.25, 0.3) is 11.0 Å². The molecule has 1 spiro atoms. The number of hydrogen-bond acceptors (Lipinski definition) is 7. The van der Waals surface area contributed by atoms with Crippen LogP contribution in [0.1, 0.15) is 29.0 Å². The molecule has 3 aromatic rings. The third-order valence-corrected chi connectivity index (χ3v) is 6.78. The predicted molar refractivity (Wildman–Crippen MR) is 125 cm³/mol. The summed E-state index contributed by atoms with van der Waals surface area (Å²) in [5, 5.41) is 35.4. The summed E-state index contributed by atoms with van der Waals surface area (Å²) < 4.78 is 12.2. The van der Waals surface area contributed by atoms with Gasteiger partial charge in [-0.3, -0.25) is 9.69 Å². The summed E-state index contributed by atoms with van der Waals surface area (Å²) in [5.74, 6) is 0.874. The summed E-state index contributed by atoms with van der Waals surface area (Å²) in [6, 6.07) is 16.7. The second-order valence-electron chi connectivity index (χ2n) is 9.61. The van der Waals surface area contributed by atoms with Gasteiger partial charge in [-0.1, -0.05) is 30.3 Å². The number of β-amino-alcohol motifs (C(OH)–C–C–N with tert-alkyl or cyclic N) is 1. The monoisotopic (exact) mass is 466 g/mol. The summed E-state index contributed by atoms with van der Waals surface area (Å²) in [6.07, 6.45) is -1.81. The van der Waals surface area contributed by atoms with E-state index in [2.05, 4.69) is 10.2 Å². The number of para-hydroxylation sites is 2. The van der Waals surface area contributed by atoms with E-state index in [9.17, 15) is 20.1 Å². The maximum absolute atomic E-state index is 12.7. The first-order chi connectivity index (χ1) is 16.4. The lowest BCUT2D eigenvalue weighted by Crippen LogP contribution is -2.46. The first kappa shape index (κ1) is 22.9. The predicted octanol–water partition coefficient (Wildman–Crippen LogP) is 1.92. The van der Waals surface area contributed by atoms with E-state index in [4.69, 9.17) is 9.15 Å². The summed E-state index contributed by atoms with van der Waals surface area (Å²) in [5.41, 5.74) is 0.623. The number of hydrogen-bond donors (Lipinski definition) is 4. The van der Waals surface area contributed by atoms with Crippen LogP contribution in [0.5, 0.6) is 5.75 Å². The van der Waals surface area contributed by atoms with Crippen molar-refractivity contribution in [3.8, 4) is 5.75 Å². The lowest BCUT2D eigenvalue weighted by molar-refractivity contribution is 0.0375. The molecule has 1 aliphatic carbocycles. The molecule has 180 valence electrons. The van der Waals surface area contributed by atoms with Gasteiger partial charge < -0.3 is 29.8 Å². The Labute approximate surface area is 197 Å². The number of furan rings is 1. The third-order valence-electron chi connectivity index (χ3n) is 6.78. The van der Waals surface area contributed by atoms with Gasteiger partial charge in [0.15, 0.2) is 0 Å². The standard InChI is InChI=1S/C26H30N2O6/c29-18-12-27-25(32)20-6-2-4-8-24(20)33-16-26(10-21(30)22(31)11-26)15-28(13-18)14-19-9-17-5-1-3-7-23(17)34-19/h1-9,18,21-22,29-31H,10-16H2,(H,27,32)/t18-,21-,22+,26?/m0/s1. The zero-order chi connectivity index (χ0) is 23.7. The molecule has 1 fully saturated rings. The van der Waals surface area contributed by atoms with Gasteiger partial charge in [-0.25, -0.2) is 0 Å². The molecule has 2 heterocycles. The molecular weight excluding hydrogens is 436 g/mol. The molecule has 2 aromatic carbocycles. The average Bonchev–Trinajstić information content (AvgIpc) is 3.35. The number of aliphatic hydroxyl groups excluding tert-OH is 3. The van der Waals surface area contributed by atoms with E-state index in [1.165, 1.54) is 0 Å². The Morgan fingerprint density at radius 1 is 1.03 bits per heavy atom. The van der Waals surface area contributed by atoms with Crippen LogP contribution in [-0.4, -0.2) is 70.7 Å². The van der Waals surface area contributed by atoms with Crippen LogP contribution in [-0.2, 0) is 6.54 Å². The molecule has 1 unspecified atom stereocenters. The van der Waals surface area contributed by atoms with Gasteiger partial charge >= 0.3 is 0 Å². The van der Waals surface area contributed by atoms with Gasteiger partial charge in [0.2, 0.25) is 0 Å². The van der Waals surface area contributed by atoms with Gasteiger partial charge in [-0.15, -0.1) is 0 Å². The fraction of sp³-hybridized carbons (Fsp3) is 0.423. The van der Waals surface area contributed by atoms with Crippen LogP contribution < -0.4 is 10.1 Å². The second-order valence-corrected chi connectivity index (χ2v) is 9.61. The molecule has 4 N–H and O–H groups in total. The van der Waals surface area contributed by atoms with Crippen LogP contribution in [0.2, 0.25) is 0 Å². The first-order valence-electron chi connectivity index (χ1n) is 11.6. The number of nitrogens with zero attached hydrogens (tertiary/aromatic N) is 1. The van der Waals surface area contributed by atoms with Crippen molar-refractivity contribution in [1.82, 2.24) is 10.2 Å². The molecule has 8 nitrogen and oxygen atoms in total. The molecular formula is C26H30N2O6. The summed E-state index contributed by atoms with van der Waals surface area (Å²) in [7, 11) is 0. The number of aliphatic hydroxyl groups is 3. The van der Waals surface area contributed by atoms with Gasteiger partial charge in [0.25, 0.3) is 5.91 Å². The highest BCUT2D eigenvalue weighted by Crippen LogP contribution is 2.41. The first-order valence-corrected chi connectivity index (χ1v) is 11.6. The number of carbonyl (C=O) groups excluding carboxylic acids is 1. The normalized spacial score (nSPS) is 28.7. The van der Waals surface area contributed by atoms with Gasteiger partial charge in [0.1, 0.15) is 17.1 Å². The van der Waals surface area contributed by atoms with E-state index in [-0.39, 0.29) is 25.6 Å². The highest BCUT2D eigenvalue weighted by atomic mass is 16.5. The molecule has 8 heteroatoms. The zero-order valence-corrected chi connectivity index (χ0v) is 18.9. The van der Waals surface area contributed by atoms with E-state index in [1.54, 1.807) is 24.3 Å². The molecule has 5 rings (SSSR count). The number of ether oxygens (including phenoxy) is 1. The maximum atomic E-state index is 12.7. The molecule has 1 aromatic heterocycles. The van der Waals surface area contributed by atoms with Crippen LogP contribution in [0.4, 0.5) is 0 Å². The molecule has 0 radical (unpaired) electrons. The quantitative estimate of drug-likeness (QED) is 0.456. The highest BCUT2D eigenvalue weighted by molar-refractivity contribution is 5.96. The second kappa shape index (κ2) is 9.38. The van der Waals surface area contributed by atoms with Crippen molar-refractivity contribution in [2.24, 2.45) is 5.41 Å². The largest absolute Gasteiger partial charge is 0.492 e. The zero-order valence-electron chi connectivity index (χ0n) is 18.9. The SMILES string of the molecule is O=C1NC[C@H](O)CN(Cc2cc3ccccc3o2)CC2(COc3ccccc31)C[C@@H](O)[C@@H](O)C2. The smallest absolute Gasteiger partial charge is 0.255 e. The molecule has 4 atom stereocenters. The maximum Gasteiger partial charge on any atom is 0.255 e. The van der Waals surface area contributed by atoms with Crippen molar-refractivity contribution in [3.05, 3.63) is 65.9 Å². The lowest BCUT2D eigenvalue weighted by atomic mass is 9.85. The molecule has 2 aliphatic rings. The Hall–Kier alpha value is -2.91. The van der Waals surface area contributed by atoms with E-state index in [0.29, 0.717) is 37.2 Å². The minimum Gasteiger partial charge on any atom is -0.492 e. The molecule has 0 bridgehead atoms. The van der Waals surface area contributed by atoms with E-state index >= 15 is 0 Å². The van der Waals surface area contributed by atoms with Gasteiger partial charge in [-0.2, -0.15) is 0 Å². The number of benzene rings is 2. The highest BCUT2D eigenvalue weighted by Gasteiger charge is 2.46. The number of rotatable bonds is 2. The Morgan fingerprint density at radius 2 is 1.76 bits per heavy atom. The fourth-order valence-electron chi connectivity index (χ4n) is 5.21. The lowest BCUT2D eigenvalue weighted by Gasteiger charge is -2.36. The van der Waals surface area contributed by atoms with Crippen molar-refractivity contribution < 1.29 is 29.3 Å². The Kier molecular flexibility index (Phi) is 6.31. The summed E-state index contributed by atoms with van der Waals surface area (Å²) in [4.78, 5) is 14.8. The van der Waals surface area contributed by atoms with Crippen molar-refractivity contribution in [1.29, 1.82) is 0 Å². The molecule has 1 amide bonds. The number of fused-ring (bicyclic) bond motifs is 2. The van der Waals surface area contributed by atoms with Gasteiger partial charge in [0, 0.05) is 30.4 Å². The van der Waals surface area contributed by atoms with E-state index in [1.807, 2.05) is 30.3 Å². The van der Waals surface area contributed by atoms with Gasteiger partial charge in [0.05, 0.1) is 37.0 Å². The summed E-state index contributed by atoms with van der Waals surface area (Å²) in [6.45, 7) is 1.50. The van der Waals surface area contributed by atoms with Crippen LogP contribution >= 0.6 is 0 Å². The van der Waals surface area contributed by atoms with Crippen LogP contribution in [0.15, 0.2) is 59.0 Å². The Morgan fingerprint density at radius 3 is 2.56 bits per heavy atom. The van der Waals surface area contributed by atoms with E-state index in [0.717, 1.165) is 16.7 Å².